The Hall–Kier alpha value is -3.13. The number of amides is 2. The van der Waals surface area contributed by atoms with Crippen molar-refractivity contribution in [2.75, 3.05) is 5.32 Å². The molecular formula is C18H15FN4O2S. The Morgan fingerprint density at radius 1 is 1.04 bits per heavy atom. The second kappa shape index (κ2) is 7.83. The number of hydrogen-bond acceptors (Lipinski definition) is 5. The van der Waals surface area contributed by atoms with Gasteiger partial charge in [0.05, 0.1) is 0 Å². The molecule has 0 saturated heterocycles. The molecule has 8 heteroatoms. The topological polar surface area (TPSA) is 84.0 Å². The van der Waals surface area contributed by atoms with E-state index in [2.05, 4.69) is 20.8 Å². The van der Waals surface area contributed by atoms with Crippen molar-refractivity contribution in [1.82, 2.24) is 15.5 Å². The smallest absolute Gasteiger partial charge is 0.286 e. The van der Waals surface area contributed by atoms with E-state index in [0.717, 1.165) is 22.5 Å². The summed E-state index contributed by atoms with van der Waals surface area (Å²) in [5, 5.41) is 13.0. The van der Waals surface area contributed by atoms with Crippen LogP contribution < -0.4 is 10.6 Å². The van der Waals surface area contributed by atoms with Crippen molar-refractivity contribution in [3.63, 3.8) is 0 Å². The number of benzene rings is 2. The van der Waals surface area contributed by atoms with Gasteiger partial charge in [-0.15, -0.1) is 10.2 Å². The zero-order valence-corrected chi connectivity index (χ0v) is 14.6. The minimum atomic E-state index is -0.508. The fourth-order valence-electron chi connectivity index (χ4n) is 2.20. The Bertz CT molecular complexity index is 940. The lowest BCUT2D eigenvalue weighted by molar-refractivity contribution is 0.0948. The van der Waals surface area contributed by atoms with Crippen LogP contribution in [0.3, 0.4) is 0 Å². The van der Waals surface area contributed by atoms with Crippen LogP contribution in [-0.4, -0.2) is 22.0 Å². The van der Waals surface area contributed by atoms with Crippen LogP contribution in [0.5, 0.6) is 0 Å². The van der Waals surface area contributed by atoms with Crippen LogP contribution in [0.4, 0.5) is 10.1 Å². The van der Waals surface area contributed by atoms with Gasteiger partial charge in [-0.1, -0.05) is 41.2 Å². The third-order valence-corrected chi connectivity index (χ3v) is 4.37. The van der Waals surface area contributed by atoms with E-state index in [1.54, 1.807) is 0 Å². The third kappa shape index (κ3) is 4.48. The standard InChI is InChI=1S/C18H15FN4O2S/c1-11-3-2-4-12(9-11)10-20-15(24)17-22-23-18(26-17)16(25)21-14-7-5-13(19)6-8-14/h2-9H,10H2,1H3,(H,20,24)(H,21,25). The van der Waals surface area contributed by atoms with Gasteiger partial charge in [0.2, 0.25) is 10.0 Å². The minimum absolute atomic E-state index is 0.0510. The predicted molar refractivity (Wildman–Crippen MR) is 96.6 cm³/mol. The highest BCUT2D eigenvalue weighted by atomic mass is 32.1. The molecule has 132 valence electrons. The van der Waals surface area contributed by atoms with Gasteiger partial charge >= 0.3 is 0 Å². The average Bonchev–Trinajstić information content (AvgIpc) is 3.12. The molecule has 2 N–H and O–H groups in total. The molecular weight excluding hydrogens is 355 g/mol. The summed E-state index contributed by atoms with van der Waals surface area (Å²) in [6, 6.07) is 13.1. The first-order valence-corrected chi connectivity index (χ1v) is 8.57. The summed E-state index contributed by atoms with van der Waals surface area (Å²) < 4.78 is 12.9. The average molecular weight is 370 g/mol. The van der Waals surface area contributed by atoms with E-state index in [-0.39, 0.29) is 10.0 Å². The predicted octanol–water partition coefficient (Wildman–Crippen LogP) is 3.17. The molecule has 0 spiro atoms. The van der Waals surface area contributed by atoms with E-state index in [1.807, 2.05) is 31.2 Å². The number of aryl methyl sites for hydroxylation is 1. The van der Waals surface area contributed by atoms with Gasteiger partial charge in [0, 0.05) is 12.2 Å². The summed E-state index contributed by atoms with van der Waals surface area (Å²) in [6.45, 7) is 2.33. The van der Waals surface area contributed by atoms with Gasteiger partial charge < -0.3 is 10.6 Å². The summed E-state index contributed by atoms with van der Waals surface area (Å²) >= 11 is 0.889. The zero-order valence-electron chi connectivity index (χ0n) is 13.8. The monoisotopic (exact) mass is 370 g/mol. The lowest BCUT2D eigenvalue weighted by atomic mass is 10.1. The molecule has 1 heterocycles. The Kier molecular flexibility index (Phi) is 5.33. The molecule has 2 aromatic carbocycles. The van der Waals surface area contributed by atoms with Crippen molar-refractivity contribution in [1.29, 1.82) is 0 Å². The van der Waals surface area contributed by atoms with Crippen LogP contribution in [0.15, 0.2) is 48.5 Å². The van der Waals surface area contributed by atoms with Crippen molar-refractivity contribution >= 4 is 28.8 Å². The number of nitrogens with zero attached hydrogens (tertiary/aromatic N) is 2. The van der Waals surface area contributed by atoms with E-state index < -0.39 is 17.6 Å². The van der Waals surface area contributed by atoms with Crippen LogP contribution in [-0.2, 0) is 6.54 Å². The van der Waals surface area contributed by atoms with E-state index in [4.69, 9.17) is 0 Å². The second-order valence-corrected chi connectivity index (χ2v) is 6.52. The quantitative estimate of drug-likeness (QED) is 0.723. The summed E-state index contributed by atoms with van der Waals surface area (Å²) in [6.07, 6.45) is 0. The van der Waals surface area contributed by atoms with Gasteiger partial charge in [-0.3, -0.25) is 9.59 Å². The molecule has 0 radical (unpaired) electrons. The number of carbonyl (C=O) groups is 2. The summed E-state index contributed by atoms with van der Waals surface area (Å²) in [7, 11) is 0. The molecule has 1 aromatic heterocycles. The number of hydrogen-bond donors (Lipinski definition) is 2. The Labute approximate surface area is 153 Å². The van der Waals surface area contributed by atoms with E-state index in [1.165, 1.54) is 24.3 Å². The number of nitrogens with one attached hydrogen (secondary N) is 2. The van der Waals surface area contributed by atoms with E-state index >= 15 is 0 Å². The molecule has 26 heavy (non-hydrogen) atoms. The van der Waals surface area contributed by atoms with Gasteiger partial charge in [-0.25, -0.2) is 4.39 Å². The van der Waals surface area contributed by atoms with Crippen molar-refractivity contribution in [2.24, 2.45) is 0 Å². The van der Waals surface area contributed by atoms with Crippen LogP contribution >= 0.6 is 11.3 Å². The normalized spacial score (nSPS) is 10.4. The lowest BCUT2D eigenvalue weighted by Gasteiger charge is -2.03. The van der Waals surface area contributed by atoms with Crippen LogP contribution in [0.1, 0.15) is 30.7 Å². The first-order valence-electron chi connectivity index (χ1n) is 7.75. The van der Waals surface area contributed by atoms with Gasteiger partial charge in [-0.05, 0) is 36.8 Å². The fourth-order valence-corrected chi connectivity index (χ4v) is 2.86. The molecule has 0 bridgehead atoms. The molecule has 6 nitrogen and oxygen atoms in total. The van der Waals surface area contributed by atoms with Gasteiger partial charge in [0.15, 0.2) is 0 Å². The number of aromatic nitrogens is 2. The third-order valence-electron chi connectivity index (χ3n) is 3.45. The maximum absolute atomic E-state index is 12.9. The minimum Gasteiger partial charge on any atom is -0.346 e. The summed E-state index contributed by atoms with van der Waals surface area (Å²) in [5.41, 5.74) is 2.50. The summed E-state index contributed by atoms with van der Waals surface area (Å²) in [5.74, 6) is -1.30. The zero-order chi connectivity index (χ0) is 18.5. The van der Waals surface area contributed by atoms with Crippen LogP contribution in [0.25, 0.3) is 0 Å². The molecule has 2 amide bonds. The Balaban J connectivity index is 1.60. The highest BCUT2D eigenvalue weighted by Crippen LogP contribution is 2.14. The number of rotatable bonds is 5. The van der Waals surface area contributed by atoms with Crippen molar-refractivity contribution in [3.8, 4) is 0 Å². The molecule has 3 aromatic rings. The molecule has 3 rings (SSSR count). The van der Waals surface area contributed by atoms with Gasteiger partial charge in [0.1, 0.15) is 5.82 Å². The van der Waals surface area contributed by atoms with E-state index in [0.29, 0.717) is 12.2 Å². The summed E-state index contributed by atoms with van der Waals surface area (Å²) in [4.78, 5) is 24.3. The van der Waals surface area contributed by atoms with Gasteiger partial charge in [0.25, 0.3) is 11.8 Å². The highest BCUT2D eigenvalue weighted by Gasteiger charge is 2.17. The fraction of sp³-hybridized carbons (Fsp3) is 0.111. The number of halogens is 1. The van der Waals surface area contributed by atoms with E-state index in [9.17, 15) is 14.0 Å². The van der Waals surface area contributed by atoms with Crippen LogP contribution in [0, 0.1) is 12.7 Å². The Morgan fingerprint density at radius 3 is 2.42 bits per heavy atom. The lowest BCUT2D eigenvalue weighted by Crippen LogP contribution is -2.22. The first-order chi connectivity index (χ1) is 12.5. The van der Waals surface area contributed by atoms with Gasteiger partial charge in [-0.2, -0.15) is 0 Å². The molecule has 0 fully saturated rings. The largest absolute Gasteiger partial charge is 0.346 e. The molecule has 0 aliphatic carbocycles. The second-order valence-electron chi connectivity index (χ2n) is 5.55. The highest BCUT2D eigenvalue weighted by molar-refractivity contribution is 7.15. The van der Waals surface area contributed by atoms with Crippen molar-refractivity contribution in [3.05, 3.63) is 75.5 Å². The Morgan fingerprint density at radius 2 is 1.73 bits per heavy atom. The number of anilines is 1. The first kappa shape index (κ1) is 17.7. The maximum atomic E-state index is 12.9. The molecule has 0 unspecified atom stereocenters. The maximum Gasteiger partial charge on any atom is 0.286 e. The molecule has 0 aliphatic heterocycles. The van der Waals surface area contributed by atoms with Crippen molar-refractivity contribution < 1.29 is 14.0 Å². The van der Waals surface area contributed by atoms with Crippen molar-refractivity contribution in [2.45, 2.75) is 13.5 Å². The van der Waals surface area contributed by atoms with Crippen LogP contribution in [0.2, 0.25) is 0 Å². The molecule has 0 saturated carbocycles. The number of carbonyl (C=O) groups excluding carboxylic acids is 2. The molecule has 0 atom stereocenters. The SMILES string of the molecule is Cc1cccc(CNC(=O)c2nnc(C(=O)Nc3ccc(F)cc3)s2)c1. The molecule has 0 aliphatic rings.